The van der Waals surface area contributed by atoms with Gasteiger partial charge in [-0.3, -0.25) is 0 Å². The van der Waals surface area contributed by atoms with E-state index >= 15 is 8.78 Å². The molecule has 1 aliphatic rings. The summed E-state index contributed by atoms with van der Waals surface area (Å²) in [7, 11) is 14.3. The predicted molar refractivity (Wildman–Crippen MR) is 142 cm³/mol. The second-order valence-corrected chi connectivity index (χ2v) is 10.1. The largest absolute Gasteiger partial charge is 0.440 e. The summed E-state index contributed by atoms with van der Waals surface area (Å²) in [6.45, 7) is 0. The van der Waals surface area contributed by atoms with Crippen molar-refractivity contribution in [2.75, 3.05) is 76.0 Å². The van der Waals surface area contributed by atoms with Crippen LogP contribution in [0.5, 0.6) is 0 Å². The number of halogens is 4. The standard InChI is InChI=1S/C28H30F4N4O2/c1-33(2)15-9-11-17(19(13-15)35(5)6)28(18-12-10-16(34(3)4)14-20(18)36(7)8)22-21(27(37)38-28)23(29)25(31)26(32)24(22)30/h9-14H,1-8H3. The van der Waals surface area contributed by atoms with Crippen LogP contribution in [0.15, 0.2) is 36.4 Å². The molecule has 3 aromatic carbocycles. The second kappa shape index (κ2) is 9.41. The van der Waals surface area contributed by atoms with E-state index in [-0.39, 0.29) is 11.1 Å². The van der Waals surface area contributed by atoms with E-state index < -0.39 is 46.0 Å². The van der Waals surface area contributed by atoms with Gasteiger partial charge in [-0.15, -0.1) is 0 Å². The summed E-state index contributed by atoms with van der Waals surface area (Å²) in [5.74, 6) is -8.86. The van der Waals surface area contributed by atoms with Crippen molar-refractivity contribution in [2.45, 2.75) is 5.60 Å². The van der Waals surface area contributed by atoms with Gasteiger partial charge in [-0.05, 0) is 24.3 Å². The van der Waals surface area contributed by atoms with E-state index in [1.807, 2.05) is 38.0 Å². The molecule has 0 bridgehead atoms. The van der Waals surface area contributed by atoms with Gasteiger partial charge in [0, 0.05) is 90.3 Å². The molecule has 202 valence electrons. The highest BCUT2D eigenvalue weighted by molar-refractivity contribution is 5.98. The molecule has 4 rings (SSSR count). The van der Waals surface area contributed by atoms with Crippen molar-refractivity contribution in [1.82, 2.24) is 0 Å². The molecule has 38 heavy (non-hydrogen) atoms. The van der Waals surface area contributed by atoms with Crippen molar-refractivity contribution < 1.29 is 27.1 Å². The van der Waals surface area contributed by atoms with Crippen LogP contribution >= 0.6 is 0 Å². The molecule has 0 amide bonds. The number of fused-ring (bicyclic) bond motifs is 1. The van der Waals surface area contributed by atoms with Crippen molar-refractivity contribution >= 4 is 28.7 Å². The summed E-state index contributed by atoms with van der Waals surface area (Å²) >= 11 is 0. The third-order valence-electron chi connectivity index (χ3n) is 6.79. The molecule has 10 heteroatoms. The molecule has 0 saturated heterocycles. The van der Waals surface area contributed by atoms with Gasteiger partial charge in [0.15, 0.2) is 28.9 Å². The lowest BCUT2D eigenvalue weighted by Crippen LogP contribution is -2.35. The third kappa shape index (κ3) is 3.90. The van der Waals surface area contributed by atoms with Crippen molar-refractivity contribution in [1.29, 1.82) is 0 Å². The molecular formula is C28H30F4N4O2. The average molecular weight is 531 g/mol. The molecule has 6 nitrogen and oxygen atoms in total. The third-order valence-corrected chi connectivity index (χ3v) is 6.79. The second-order valence-electron chi connectivity index (χ2n) is 10.1. The Balaban J connectivity index is 2.25. The monoisotopic (exact) mass is 530 g/mol. The van der Waals surface area contributed by atoms with Crippen LogP contribution in [0.4, 0.5) is 40.3 Å². The van der Waals surface area contributed by atoms with Crippen LogP contribution in [-0.4, -0.2) is 62.4 Å². The van der Waals surface area contributed by atoms with Crippen LogP contribution in [0.25, 0.3) is 0 Å². The fourth-order valence-corrected chi connectivity index (χ4v) is 4.85. The summed E-state index contributed by atoms with van der Waals surface area (Å²) < 4.78 is 66.0. The highest BCUT2D eigenvalue weighted by Gasteiger charge is 2.56. The predicted octanol–water partition coefficient (Wildman–Crippen LogP) is 4.97. The quantitative estimate of drug-likeness (QED) is 0.194. The van der Waals surface area contributed by atoms with E-state index in [4.69, 9.17) is 4.74 Å². The molecule has 3 aromatic rings. The minimum atomic E-state index is -2.14. The minimum absolute atomic E-state index is 0.255. The van der Waals surface area contributed by atoms with Gasteiger partial charge in [0.25, 0.3) is 0 Å². The Morgan fingerprint density at radius 3 is 1.42 bits per heavy atom. The van der Waals surface area contributed by atoms with Crippen molar-refractivity contribution in [3.63, 3.8) is 0 Å². The normalized spacial score (nSPS) is 13.7. The summed E-state index contributed by atoms with van der Waals surface area (Å²) in [5, 5.41) is 0. The van der Waals surface area contributed by atoms with Crippen LogP contribution in [0.1, 0.15) is 27.0 Å². The topological polar surface area (TPSA) is 39.3 Å². The number of rotatable bonds is 6. The van der Waals surface area contributed by atoms with Gasteiger partial charge in [-0.1, -0.05) is 12.1 Å². The molecule has 0 spiro atoms. The summed E-state index contributed by atoms with van der Waals surface area (Å²) in [5.41, 5.74) is -0.735. The zero-order valence-electron chi connectivity index (χ0n) is 22.6. The molecule has 0 atom stereocenters. The smallest absolute Gasteiger partial charge is 0.343 e. The Kier molecular flexibility index (Phi) is 6.71. The van der Waals surface area contributed by atoms with Gasteiger partial charge < -0.3 is 24.3 Å². The number of carbonyl (C=O) groups excluding carboxylic acids is 1. The first-order chi connectivity index (χ1) is 17.7. The number of hydrogen-bond acceptors (Lipinski definition) is 6. The van der Waals surface area contributed by atoms with E-state index in [1.165, 1.54) is 0 Å². The van der Waals surface area contributed by atoms with Crippen LogP contribution < -0.4 is 19.6 Å². The fourth-order valence-electron chi connectivity index (χ4n) is 4.85. The number of ether oxygens (including phenoxy) is 1. The molecule has 0 aromatic heterocycles. The first-order valence-corrected chi connectivity index (χ1v) is 11.8. The highest BCUT2D eigenvalue weighted by atomic mass is 19.2. The number of anilines is 4. The first kappa shape index (κ1) is 27.1. The van der Waals surface area contributed by atoms with E-state index in [9.17, 15) is 13.6 Å². The van der Waals surface area contributed by atoms with Crippen LogP contribution in [0.2, 0.25) is 0 Å². The zero-order chi connectivity index (χ0) is 28.3. The molecule has 1 heterocycles. The minimum Gasteiger partial charge on any atom is -0.440 e. The molecule has 0 unspecified atom stereocenters. The van der Waals surface area contributed by atoms with E-state index in [0.29, 0.717) is 11.4 Å². The average Bonchev–Trinajstić information content (AvgIpc) is 3.18. The Morgan fingerprint density at radius 2 is 1.03 bits per heavy atom. The van der Waals surface area contributed by atoms with Gasteiger partial charge >= 0.3 is 5.97 Å². The van der Waals surface area contributed by atoms with Crippen LogP contribution in [0.3, 0.4) is 0 Å². The van der Waals surface area contributed by atoms with Crippen LogP contribution in [0, 0.1) is 23.3 Å². The molecule has 0 saturated carbocycles. The van der Waals surface area contributed by atoms with E-state index in [2.05, 4.69) is 0 Å². The molecule has 1 aliphatic heterocycles. The SMILES string of the molecule is CN(C)c1ccc(C2(c3ccc(N(C)C)cc3N(C)C)OC(=O)c3c(F)c(F)c(F)c(F)c32)c(N(C)C)c1. The van der Waals surface area contributed by atoms with E-state index in [0.717, 1.165) is 11.4 Å². The highest BCUT2D eigenvalue weighted by Crippen LogP contribution is 2.54. The molecule has 0 radical (unpaired) electrons. The lowest BCUT2D eigenvalue weighted by Gasteiger charge is -2.37. The Bertz CT molecular complexity index is 1370. The van der Waals surface area contributed by atoms with Gasteiger partial charge in [0.05, 0.1) is 5.56 Å². The Labute approximate surface area is 219 Å². The summed E-state index contributed by atoms with van der Waals surface area (Å²) in [6, 6.07) is 10.3. The molecular weight excluding hydrogens is 500 g/mol. The number of hydrogen-bond donors (Lipinski definition) is 0. The fraction of sp³-hybridized carbons (Fsp3) is 0.321. The number of benzene rings is 3. The zero-order valence-corrected chi connectivity index (χ0v) is 22.6. The first-order valence-electron chi connectivity index (χ1n) is 11.8. The van der Waals surface area contributed by atoms with Crippen molar-refractivity contribution in [3.8, 4) is 0 Å². The lowest BCUT2D eigenvalue weighted by atomic mass is 9.77. The maximum absolute atomic E-state index is 15.8. The van der Waals surface area contributed by atoms with Gasteiger partial charge in [-0.2, -0.15) is 0 Å². The maximum atomic E-state index is 15.8. The molecule has 0 aliphatic carbocycles. The Hall–Kier alpha value is -3.95. The van der Waals surface area contributed by atoms with Crippen molar-refractivity contribution in [3.05, 3.63) is 81.9 Å². The van der Waals surface area contributed by atoms with E-state index in [1.54, 1.807) is 74.4 Å². The lowest BCUT2D eigenvalue weighted by molar-refractivity contribution is 0.0245. The van der Waals surface area contributed by atoms with Crippen LogP contribution in [-0.2, 0) is 10.3 Å². The number of carbonyl (C=O) groups is 1. The number of nitrogens with zero attached hydrogens (tertiary/aromatic N) is 4. The summed E-state index contributed by atoms with van der Waals surface area (Å²) in [6.07, 6.45) is 0. The number of esters is 1. The maximum Gasteiger partial charge on any atom is 0.343 e. The van der Waals surface area contributed by atoms with Crippen molar-refractivity contribution in [2.24, 2.45) is 0 Å². The van der Waals surface area contributed by atoms with Gasteiger partial charge in [-0.25, -0.2) is 22.4 Å². The Morgan fingerprint density at radius 1 is 0.605 bits per heavy atom. The van der Waals surface area contributed by atoms with Gasteiger partial charge in [0.2, 0.25) is 0 Å². The molecule has 0 fully saturated rings. The summed E-state index contributed by atoms with van der Waals surface area (Å²) in [4.78, 5) is 20.4. The number of cyclic esters (lactones) is 1. The van der Waals surface area contributed by atoms with Gasteiger partial charge in [0.1, 0.15) is 5.56 Å². The molecule has 0 N–H and O–H groups in total.